The van der Waals surface area contributed by atoms with E-state index >= 15 is 0 Å². The van der Waals surface area contributed by atoms with Crippen molar-refractivity contribution in [3.8, 4) is 5.75 Å². The van der Waals surface area contributed by atoms with E-state index in [0.29, 0.717) is 11.4 Å². The normalized spacial score (nSPS) is 17.2. The maximum Gasteiger partial charge on any atom is 0.319 e. The first-order valence-electron chi connectivity index (χ1n) is 8.05. The van der Waals surface area contributed by atoms with Gasteiger partial charge < -0.3 is 20.5 Å². The highest BCUT2D eigenvalue weighted by atomic mass is 79.9. The summed E-state index contributed by atoms with van der Waals surface area (Å²) in [6.45, 7) is 2.18. The number of hydrogen-bond acceptors (Lipinski definition) is 3. The number of aryl methyl sites for hydroxylation is 1. The van der Waals surface area contributed by atoms with Gasteiger partial charge in [0.25, 0.3) is 0 Å². The van der Waals surface area contributed by atoms with Gasteiger partial charge in [-0.15, -0.1) is 0 Å². The number of halogens is 1. The molecule has 0 spiro atoms. The van der Waals surface area contributed by atoms with Crippen LogP contribution in [0.3, 0.4) is 0 Å². The Balaban J connectivity index is 1.97. The van der Waals surface area contributed by atoms with Gasteiger partial charge in [-0.3, -0.25) is 0 Å². The number of ether oxygens (including phenoxy) is 1. The maximum atomic E-state index is 12.2. The lowest BCUT2D eigenvalue weighted by Gasteiger charge is -2.27. The lowest BCUT2D eigenvalue weighted by atomic mass is 9.95. The first-order valence-corrected chi connectivity index (χ1v) is 8.84. The molecule has 23 heavy (non-hydrogen) atoms. The van der Waals surface area contributed by atoms with Crippen molar-refractivity contribution in [2.75, 3.05) is 19.0 Å². The molecule has 0 saturated heterocycles. The Morgan fingerprint density at radius 3 is 2.57 bits per heavy atom. The molecule has 0 unspecified atom stereocenters. The SMILES string of the molecule is COc1cc(Br)cc(C)c1NC(=O)NCC1(O)CCCCCC1. The molecule has 3 N–H and O–H groups in total. The first kappa shape index (κ1) is 18.1. The number of amides is 2. The van der Waals surface area contributed by atoms with Gasteiger partial charge in [-0.1, -0.05) is 41.6 Å². The number of carbonyl (C=O) groups is 1. The molecular formula is C17H25BrN2O3. The number of anilines is 1. The molecule has 1 fully saturated rings. The summed E-state index contributed by atoms with van der Waals surface area (Å²) in [6, 6.07) is 3.39. The van der Waals surface area contributed by atoms with Crippen LogP contribution in [0.15, 0.2) is 16.6 Å². The standard InChI is InChI=1S/C17H25BrN2O3/c1-12-9-13(18)10-14(23-2)15(12)20-16(21)19-11-17(22)7-5-3-4-6-8-17/h9-10,22H,3-8,11H2,1-2H3,(H2,19,20,21). The number of nitrogens with one attached hydrogen (secondary N) is 2. The number of rotatable bonds is 4. The monoisotopic (exact) mass is 384 g/mol. The van der Waals surface area contributed by atoms with Crippen LogP contribution in [0.25, 0.3) is 0 Å². The molecule has 5 nitrogen and oxygen atoms in total. The van der Waals surface area contributed by atoms with Crippen LogP contribution in [0.4, 0.5) is 10.5 Å². The molecular weight excluding hydrogens is 360 g/mol. The quantitative estimate of drug-likeness (QED) is 0.687. The third kappa shape index (κ3) is 5.11. The summed E-state index contributed by atoms with van der Waals surface area (Å²) in [6.07, 6.45) is 5.83. The molecule has 2 rings (SSSR count). The van der Waals surface area contributed by atoms with Crippen LogP contribution in [0.2, 0.25) is 0 Å². The zero-order valence-corrected chi connectivity index (χ0v) is 15.3. The molecule has 1 aliphatic rings. The van der Waals surface area contributed by atoms with Gasteiger partial charge >= 0.3 is 6.03 Å². The van der Waals surface area contributed by atoms with Gasteiger partial charge in [0, 0.05) is 11.0 Å². The van der Waals surface area contributed by atoms with Crippen molar-refractivity contribution in [1.29, 1.82) is 0 Å². The molecule has 1 aromatic rings. The highest BCUT2D eigenvalue weighted by Crippen LogP contribution is 2.32. The van der Waals surface area contributed by atoms with Gasteiger partial charge in [0.2, 0.25) is 0 Å². The van der Waals surface area contributed by atoms with E-state index in [1.54, 1.807) is 13.2 Å². The van der Waals surface area contributed by atoms with Gasteiger partial charge in [0.1, 0.15) is 5.75 Å². The smallest absolute Gasteiger partial charge is 0.319 e. The predicted molar refractivity (Wildman–Crippen MR) is 95.1 cm³/mol. The molecule has 0 aliphatic heterocycles. The predicted octanol–water partition coefficient (Wildman–Crippen LogP) is 3.97. The largest absolute Gasteiger partial charge is 0.495 e. The van der Waals surface area contributed by atoms with Gasteiger partial charge in [0.05, 0.1) is 18.4 Å². The summed E-state index contributed by atoms with van der Waals surface area (Å²) < 4.78 is 6.21. The number of methoxy groups -OCH3 is 1. The highest BCUT2D eigenvalue weighted by molar-refractivity contribution is 9.10. The second-order valence-electron chi connectivity index (χ2n) is 6.25. The third-order valence-corrected chi connectivity index (χ3v) is 4.79. The van der Waals surface area contributed by atoms with Crippen molar-refractivity contribution in [1.82, 2.24) is 5.32 Å². The van der Waals surface area contributed by atoms with E-state index < -0.39 is 5.60 Å². The molecule has 0 aromatic heterocycles. The van der Waals surface area contributed by atoms with E-state index in [9.17, 15) is 9.90 Å². The third-order valence-electron chi connectivity index (χ3n) is 4.33. The molecule has 1 aliphatic carbocycles. The minimum atomic E-state index is -0.785. The lowest BCUT2D eigenvalue weighted by molar-refractivity contribution is 0.0281. The Labute approximate surface area is 145 Å². The number of hydrogen-bond donors (Lipinski definition) is 3. The fraction of sp³-hybridized carbons (Fsp3) is 0.588. The van der Waals surface area contributed by atoms with Crippen LogP contribution in [0, 0.1) is 6.92 Å². The molecule has 6 heteroatoms. The molecule has 2 amide bonds. The molecule has 128 valence electrons. The number of benzene rings is 1. The Hall–Kier alpha value is -1.27. The lowest BCUT2D eigenvalue weighted by Crippen LogP contribution is -2.44. The van der Waals surface area contributed by atoms with Crippen LogP contribution in [0.1, 0.15) is 44.1 Å². The van der Waals surface area contributed by atoms with Crippen molar-refractivity contribution >= 4 is 27.6 Å². The van der Waals surface area contributed by atoms with Crippen molar-refractivity contribution < 1.29 is 14.6 Å². The van der Waals surface area contributed by atoms with Crippen molar-refractivity contribution in [2.45, 2.75) is 51.0 Å². The zero-order valence-electron chi connectivity index (χ0n) is 13.7. The minimum Gasteiger partial charge on any atom is -0.495 e. The van der Waals surface area contributed by atoms with Gasteiger partial charge in [-0.05, 0) is 37.5 Å². The van der Waals surface area contributed by atoms with Crippen molar-refractivity contribution in [2.24, 2.45) is 0 Å². The minimum absolute atomic E-state index is 0.275. The number of carbonyl (C=O) groups excluding carboxylic acids is 1. The Bertz CT molecular complexity index is 555. The van der Waals surface area contributed by atoms with Gasteiger partial charge in [-0.25, -0.2) is 4.79 Å². The first-order chi connectivity index (χ1) is 10.9. The van der Waals surface area contributed by atoms with Crippen molar-refractivity contribution in [3.63, 3.8) is 0 Å². The second-order valence-corrected chi connectivity index (χ2v) is 7.16. The van der Waals surface area contributed by atoms with E-state index in [0.717, 1.165) is 48.6 Å². The Morgan fingerprint density at radius 1 is 1.30 bits per heavy atom. The van der Waals surface area contributed by atoms with E-state index in [1.807, 2.05) is 13.0 Å². The van der Waals surface area contributed by atoms with E-state index in [2.05, 4.69) is 26.6 Å². The summed E-state index contributed by atoms with van der Waals surface area (Å²) in [7, 11) is 1.57. The maximum absolute atomic E-state index is 12.2. The van der Waals surface area contributed by atoms with E-state index in [-0.39, 0.29) is 12.6 Å². The zero-order chi connectivity index (χ0) is 16.9. The van der Waals surface area contributed by atoms with Gasteiger partial charge in [-0.2, -0.15) is 0 Å². The van der Waals surface area contributed by atoms with E-state index in [4.69, 9.17) is 4.74 Å². The summed E-state index contributed by atoms with van der Waals surface area (Å²) in [5, 5.41) is 16.2. The number of aliphatic hydroxyl groups is 1. The van der Waals surface area contributed by atoms with Crippen LogP contribution >= 0.6 is 15.9 Å². The molecule has 1 saturated carbocycles. The topological polar surface area (TPSA) is 70.6 Å². The molecule has 0 atom stereocenters. The average Bonchev–Trinajstić information content (AvgIpc) is 2.73. The summed E-state index contributed by atoms with van der Waals surface area (Å²) >= 11 is 3.41. The Morgan fingerprint density at radius 2 is 1.96 bits per heavy atom. The van der Waals surface area contributed by atoms with Crippen LogP contribution in [0.5, 0.6) is 5.75 Å². The van der Waals surface area contributed by atoms with E-state index in [1.165, 1.54) is 0 Å². The van der Waals surface area contributed by atoms with Crippen LogP contribution < -0.4 is 15.4 Å². The molecule has 0 bridgehead atoms. The molecule has 1 aromatic carbocycles. The second kappa shape index (κ2) is 8.02. The highest BCUT2D eigenvalue weighted by Gasteiger charge is 2.28. The van der Waals surface area contributed by atoms with Crippen LogP contribution in [-0.4, -0.2) is 30.4 Å². The molecule has 0 radical (unpaired) electrons. The molecule has 0 heterocycles. The van der Waals surface area contributed by atoms with Crippen molar-refractivity contribution in [3.05, 3.63) is 22.2 Å². The van der Waals surface area contributed by atoms with Crippen LogP contribution in [-0.2, 0) is 0 Å². The summed E-state index contributed by atoms with van der Waals surface area (Å²) in [5.74, 6) is 0.597. The fourth-order valence-corrected chi connectivity index (χ4v) is 3.55. The fourth-order valence-electron chi connectivity index (χ4n) is 3.00. The van der Waals surface area contributed by atoms with Gasteiger partial charge in [0.15, 0.2) is 0 Å². The number of urea groups is 1. The summed E-state index contributed by atoms with van der Waals surface area (Å²) in [5.41, 5.74) is 0.757. The Kier molecular flexibility index (Phi) is 6.30. The summed E-state index contributed by atoms with van der Waals surface area (Å²) in [4.78, 5) is 12.2. The average molecular weight is 385 g/mol.